The Labute approximate surface area is 206 Å². The summed E-state index contributed by atoms with van der Waals surface area (Å²) in [6.45, 7) is 20.2. The molecule has 0 spiro atoms. The van der Waals surface area contributed by atoms with Gasteiger partial charge in [0, 0.05) is 0 Å². The zero-order valence-corrected chi connectivity index (χ0v) is 22.7. The van der Waals surface area contributed by atoms with Crippen molar-refractivity contribution in [2.24, 2.45) is 5.92 Å². The molecule has 1 aliphatic carbocycles. The molecule has 3 rings (SSSR count). The molecule has 34 heavy (non-hydrogen) atoms. The molecule has 1 saturated carbocycles. The zero-order valence-electron chi connectivity index (χ0n) is 22.7. The fourth-order valence-corrected chi connectivity index (χ4v) is 6.12. The Morgan fingerprint density at radius 2 is 0.971 bits per heavy atom. The van der Waals surface area contributed by atoms with E-state index in [4.69, 9.17) is 0 Å². The van der Waals surface area contributed by atoms with E-state index in [0.717, 1.165) is 31.8 Å². The van der Waals surface area contributed by atoms with Crippen LogP contribution >= 0.6 is 0 Å². The van der Waals surface area contributed by atoms with Crippen LogP contribution in [-0.4, -0.2) is 0 Å². The lowest BCUT2D eigenvalue weighted by Crippen LogP contribution is -2.16. The van der Waals surface area contributed by atoms with Crippen LogP contribution in [-0.2, 0) is 0 Å². The summed E-state index contributed by atoms with van der Waals surface area (Å²) in [4.78, 5) is 0. The maximum atomic E-state index is 12.5. The van der Waals surface area contributed by atoms with Crippen LogP contribution in [0.3, 0.4) is 0 Å². The highest BCUT2D eigenvalue weighted by Gasteiger charge is 2.26. The summed E-state index contributed by atoms with van der Waals surface area (Å²) in [6.07, 6.45) is 9.02. The number of rotatable bonds is 5. The molecule has 0 atom stereocenters. The van der Waals surface area contributed by atoms with Gasteiger partial charge in [-0.15, -0.1) is 0 Å². The molecule has 0 unspecified atom stereocenters. The summed E-state index contributed by atoms with van der Waals surface area (Å²) in [5, 5.41) is 0. The van der Waals surface area contributed by atoms with Gasteiger partial charge in [0.25, 0.3) is 6.08 Å². The Balaban J connectivity index is 1.93. The van der Waals surface area contributed by atoms with Crippen LogP contribution in [0.2, 0.25) is 0 Å². The minimum Gasteiger partial charge on any atom is -0.174 e. The van der Waals surface area contributed by atoms with E-state index in [1.54, 1.807) is 0 Å². The third-order valence-electron chi connectivity index (χ3n) is 9.08. The highest BCUT2D eigenvalue weighted by atomic mass is 19.3. The molecule has 0 nitrogen and oxygen atoms in total. The van der Waals surface area contributed by atoms with Gasteiger partial charge in [0.15, 0.2) is 0 Å². The van der Waals surface area contributed by atoms with E-state index in [1.807, 2.05) is 0 Å². The fraction of sp³-hybridized carbons (Fsp3) is 0.500. The van der Waals surface area contributed by atoms with Crippen LogP contribution in [0.1, 0.15) is 105 Å². The van der Waals surface area contributed by atoms with Crippen molar-refractivity contribution in [3.63, 3.8) is 0 Å². The van der Waals surface area contributed by atoms with Crippen molar-refractivity contribution >= 4 is 12.2 Å². The van der Waals surface area contributed by atoms with Crippen molar-refractivity contribution in [2.45, 2.75) is 100 Å². The third kappa shape index (κ3) is 5.07. The largest absolute Gasteiger partial charge is 0.266 e. The molecule has 184 valence electrons. The van der Waals surface area contributed by atoms with E-state index in [2.05, 4.69) is 74.5 Å². The lowest BCUT2D eigenvalue weighted by atomic mass is 9.73. The molecule has 0 saturated heterocycles. The molecule has 1 fully saturated rings. The Kier molecular flexibility index (Phi) is 8.22. The molecule has 2 aromatic rings. The Hall–Kier alpha value is -2.22. The second-order valence-electron chi connectivity index (χ2n) is 10.6. The number of allylic oxidation sites excluding steroid dienone is 1. The summed E-state index contributed by atoms with van der Waals surface area (Å²) in [7, 11) is 0. The SMILES string of the molecule is Cc1c(C)c(C)c(C=Cc2c(C)c(C)c(C3CCC(CC=C(F)F)CC3)c(C)c2C)c(C)c1C. The molecular formula is C32H42F2. The summed E-state index contributed by atoms with van der Waals surface area (Å²) in [5.74, 6) is 0.938. The molecule has 1 aliphatic rings. The second kappa shape index (κ2) is 10.6. The van der Waals surface area contributed by atoms with Gasteiger partial charge in [-0.2, -0.15) is 8.78 Å². The summed E-state index contributed by atoms with van der Waals surface area (Å²) in [6, 6.07) is 0. The van der Waals surface area contributed by atoms with Crippen LogP contribution < -0.4 is 0 Å². The summed E-state index contributed by atoms with van der Waals surface area (Å²) < 4.78 is 25.0. The lowest BCUT2D eigenvalue weighted by Gasteiger charge is -2.32. The van der Waals surface area contributed by atoms with Crippen molar-refractivity contribution in [1.82, 2.24) is 0 Å². The van der Waals surface area contributed by atoms with Gasteiger partial charge in [0.1, 0.15) is 0 Å². The van der Waals surface area contributed by atoms with E-state index in [0.29, 0.717) is 18.3 Å². The van der Waals surface area contributed by atoms with E-state index in [9.17, 15) is 8.78 Å². The molecular weight excluding hydrogens is 422 g/mol. The predicted octanol–water partition coefficient (Wildman–Crippen LogP) is 10.1. The average molecular weight is 465 g/mol. The van der Waals surface area contributed by atoms with Crippen molar-refractivity contribution in [1.29, 1.82) is 0 Å². The number of hydrogen-bond acceptors (Lipinski definition) is 0. The summed E-state index contributed by atoms with van der Waals surface area (Å²) >= 11 is 0. The fourth-order valence-electron chi connectivity index (χ4n) is 6.12. The second-order valence-corrected chi connectivity index (χ2v) is 10.6. The molecule has 0 heterocycles. The van der Waals surface area contributed by atoms with E-state index in [1.165, 1.54) is 66.8 Å². The van der Waals surface area contributed by atoms with Crippen LogP contribution in [0, 0.1) is 68.2 Å². The highest BCUT2D eigenvalue weighted by Crippen LogP contribution is 2.42. The summed E-state index contributed by atoms with van der Waals surface area (Å²) in [5.41, 5.74) is 16.7. The minimum absolute atomic E-state index is 0.399. The standard InChI is InChI=1S/C32H42F2/c1-18-19(2)21(4)29(22(5)20(18)3)15-16-30-23(6)25(8)32(26(9)24(30)7)28-13-10-27(11-14-28)12-17-31(33)34/h15-17,27-28H,10-14H2,1-9H3. The Morgan fingerprint density at radius 3 is 1.38 bits per heavy atom. The minimum atomic E-state index is -1.54. The topological polar surface area (TPSA) is 0 Å². The molecule has 0 aromatic heterocycles. The molecule has 0 aliphatic heterocycles. The van der Waals surface area contributed by atoms with Crippen molar-refractivity contribution in [3.05, 3.63) is 78.9 Å². The Morgan fingerprint density at radius 1 is 0.588 bits per heavy atom. The van der Waals surface area contributed by atoms with Gasteiger partial charge in [0.05, 0.1) is 0 Å². The molecule has 2 aromatic carbocycles. The first-order valence-corrected chi connectivity index (χ1v) is 12.8. The van der Waals surface area contributed by atoms with Crippen molar-refractivity contribution in [2.75, 3.05) is 0 Å². The molecule has 0 amide bonds. The van der Waals surface area contributed by atoms with E-state index >= 15 is 0 Å². The van der Waals surface area contributed by atoms with Crippen molar-refractivity contribution in [3.8, 4) is 0 Å². The first kappa shape index (κ1) is 26.4. The Bertz CT molecular complexity index is 1080. The maximum Gasteiger partial charge on any atom is 0.266 e. The van der Waals surface area contributed by atoms with Crippen LogP contribution in [0.5, 0.6) is 0 Å². The van der Waals surface area contributed by atoms with Gasteiger partial charge in [-0.1, -0.05) is 12.2 Å². The quantitative estimate of drug-likeness (QED) is 0.386. The average Bonchev–Trinajstić information content (AvgIpc) is 2.81. The molecule has 2 heteroatoms. The van der Waals surface area contributed by atoms with Gasteiger partial charge in [0.2, 0.25) is 0 Å². The zero-order chi connectivity index (χ0) is 25.3. The normalized spacial score (nSPS) is 18.6. The van der Waals surface area contributed by atoms with E-state index < -0.39 is 6.08 Å². The van der Waals surface area contributed by atoms with E-state index in [-0.39, 0.29) is 0 Å². The van der Waals surface area contributed by atoms with Crippen LogP contribution in [0.25, 0.3) is 12.2 Å². The van der Waals surface area contributed by atoms with Gasteiger partial charge >= 0.3 is 0 Å². The number of hydrogen-bond donors (Lipinski definition) is 0. The first-order valence-electron chi connectivity index (χ1n) is 12.8. The first-order chi connectivity index (χ1) is 16.0. The van der Waals surface area contributed by atoms with Gasteiger partial charge < -0.3 is 0 Å². The molecule has 0 N–H and O–H groups in total. The maximum absolute atomic E-state index is 12.5. The monoisotopic (exact) mass is 464 g/mol. The predicted molar refractivity (Wildman–Crippen MR) is 144 cm³/mol. The van der Waals surface area contributed by atoms with Gasteiger partial charge in [-0.05, 0) is 179 Å². The van der Waals surface area contributed by atoms with Crippen LogP contribution in [0.4, 0.5) is 8.78 Å². The molecule has 0 bridgehead atoms. The van der Waals surface area contributed by atoms with Gasteiger partial charge in [-0.25, -0.2) is 0 Å². The molecule has 0 radical (unpaired) electrons. The number of benzene rings is 2. The van der Waals surface area contributed by atoms with Crippen LogP contribution in [0.15, 0.2) is 12.2 Å². The number of halogens is 2. The van der Waals surface area contributed by atoms with Gasteiger partial charge in [-0.3, -0.25) is 0 Å². The third-order valence-corrected chi connectivity index (χ3v) is 9.08. The van der Waals surface area contributed by atoms with Crippen molar-refractivity contribution < 1.29 is 8.78 Å². The lowest BCUT2D eigenvalue weighted by molar-refractivity contribution is 0.321. The smallest absolute Gasteiger partial charge is 0.174 e. The highest BCUT2D eigenvalue weighted by molar-refractivity contribution is 5.78.